The van der Waals surface area contributed by atoms with Gasteiger partial charge in [-0.2, -0.15) is 0 Å². The Kier molecular flexibility index (Phi) is 2.48. The van der Waals surface area contributed by atoms with Gasteiger partial charge in [-0.3, -0.25) is 0 Å². The standard InChI is InChI=1S/C13H18N2O/c1-10-9-15(7-6-14-10)12-4-2-3-11-5-8-16-13(11)12/h2-4,10,14H,5-9H2,1H3. The lowest BCUT2D eigenvalue weighted by molar-refractivity contribution is 0.355. The van der Waals surface area contributed by atoms with Crippen LogP contribution in [0, 0.1) is 0 Å². The van der Waals surface area contributed by atoms with Crippen LogP contribution in [-0.2, 0) is 6.42 Å². The molecule has 1 aromatic rings. The van der Waals surface area contributed by atoms with Gasteiger partial charge in [-0.15, -0.1) is 0 Å². The Morgan fingerprint density at radius 1 is 1.44 bits per heavy atom. The number of anilines is 1. The zero-order chi connectivity index (χ0) is 11.0. The summed E-state index contributed by atoms with van der Waals surface area (Å²) in [5, 5.41) is 3.47. The van der Waals surface area contributed by atoms with Gasteiger partial charge in [0, 0.05) is 32.1 Å². The molecule has 2 aliphatic rings. The molecule has 16 heavy (non-hydrogen) atoms. The Labute approximate surface area is 96.4 Å². The van der Waals surface area contributed by atoms with E-state index in [0.29, 0.717) is 6.04 Å². The zero-order valence-electron chi connectivity index (χ0n) is 9.70. The van der Waals surface area contributed by atoms with Crippen LogP contribution in [0.25, 0.3) is 0 Å². The van der Waals surface area contributed by atoms with Crippen LogP contribution in [0.15, 0.2) is 18.2 Å². The van der Waals surface area contributed by atoms with Crippen LogP contribution in [0.4, 0.5) is 5.69 Å². The highest BCUT2D eigenvalue weighted by molar-refractivity contribution is 5.63. The number of ether oxygens (including phenoxy) is 1. The molecule has 3 nitrogen and oxygen atoms in total. The van der Waals surface area contributed by atoms with E-state index < -0.39 is 0 Å². The van der Waals surface area contributed by atoms with E-state index in [9.17, 15) is 0 Å². The normalized spacial score (nSPS) is 24.1. The van der Waals surface area contributed by atoms with E-state index in [-0.39, 0.29) is 0 Å². The molecule has 2 heterocycles. The van der Waals surface area contributed by atoms with Crippen LogP contribution in [-0.4, -0.2) is 32.3 Å². The number of piperazine rings is 1. The van der Waals surface area contributed by atoms with Gasteiger partial charge in [-0.05, 0) is 18.6 Å². The Morgan fingerprint density at radius 2 is 2.38 bits per heavy atom. The zero-order valence-corrected chi connectivity index (χ0v) is 9.70. The molecule has 1 fully saturated rings. The minimum Gasteiger partial charge on any atom is -0.491 e. The first-order valence-electron chi connectivity index (χ1n) is 6.07. The molecular weight excluding hydrogens is 200 g/mol. The minimum absolute atomic E-state index is 0.561. The van der Waals surface area contributed by atoms with Gasteiger partial charge in [-0.25, -0.2) is 0 Å². The van der Waals surface area contributed by atoms with Gasteiger partial charge in [0.15, 0.2) is 0 Å². The van der Waals surface area contributed by atoms with Crippen LogP contribution < -0.4 is 15.0 Å². The van der Waals surface area contributed by atoms with E-state index in [1.54, 1.807) is 0 Å². The molecule has 1 saturated heterocycles. The van der Waals surface area contributed by atoms with Crippen molar-refractivity contribution in [3.63, 3.8) is 0 Å². The molecule has 1 N–H and O–H groups in total. The van der Waals surface area contributed by atoms with E-state index in [4.69, 9.17) is 4.74 Å². The number of hydrogen-bond donors (Lipinski definition) is 1. The molecule has 1 aromatic carbocycles. The van der Waals surface area contributed by atoms with Crippen molar-refractivity contribution in [2.24, 2.45) is 0 Å². The Balaban J connectivity index is 1.91. The third kappa shape index (κ3) is 1.65. The second-order valence-electron chi connectivity index (χ2n) is 4.67. The lowest BCUT2D eigenvalue weighted by atomic mass is 10.1. The first kappa shape index (κ1) is 9.97. The van der Waals surface area contributed by atoms with Crippen molar-refractivity contribution in [1.29, 1.82) is 0 Å². The van der Waals surface area contributed by atoms with Crippen LogP contribution >= 0.6 is 0 Å². The number of nitrogens with one attached hydrogen (secondary N) is 1. The molecule has 2 aliphatic heterocycles. The summed E-state index contributed by atoms with van der Waals surface area (Å²) in [6.07, 6.45) is 1.06. The lowest BCUT2D eigenvalue weighted by Gasteiger charge is -2.34. The number of para-hydroxylation sites is 1. The Morgan fingerprint density at radius 3 is 3.25 bits per heavy atom. The first-order valence-corrected chi connectivity index (χ1v) is 6.07. The maximum atomic E-state index is 5.76. The fourth-order valence-corrected chi connectivity index (χ4v) is 2.60. The summed E-state index contributed by atoms with van der Waals surface area (Å²) in [5.74, 6) is 1.12. The predicted octanol–water partition coefficient (Wildman–Crippen LogP) is 1.42. The summed E-state index contributed by atoms with van der Waals surface area (Å²) in [4.78, 5) is 2.44. The van der Waals surface area contributed by atoms with E-state index in [2.05, 4.69) is 35.3 Å². The van der Waals surface area contributed by atoms with Crippen molar-refractivity contribution >= 4 is 5.69 Å². The molecule has 1 atom stereocenters. The molecule has 0 saturated carbocycles. The number of rotatable bonds is 1. The van der Waals surface area contributed by atoms with Gasteiger partial charge in [0.05, 0.1) is 12.3 Å². The highest BCUT2D eigenvalue weighted by Crippen LogP contribution is 2.36. The predicted molar refractivity (Wildman–Crippen MR) is 65.3 cm³/mol. The van der Waals surface area contributed by atoms with Gasteiger partial charge in [0.2, 0.25) is 0 Å². The van der Waals surface area contributed by atoms with Gasteiger partial charge >= 0.3 is 0 Å². The molecule has 0 bridgehead atoms. The summed E-state index contributed by atoms with van der Waals surface area (Å²) >= 11 is 0. The third-order valence-corrected chi connectivity index (χ3v) is 3.40. The topological polar surface area (TPSA) is 24.5 Å². The third-order valence-electron chi connectivity index (χ3n) is 3.40. The van der Waals surface area contributed by atoms with Gasteiger partial charge in [0.25, 0.3) is 0 Å². The molecule has 86 valence electrons. The molecular formula is C13H18N2O. The summed E-state index contributed by atoms with van der Waals surface area (Å²) in [5.41, 5.74) is 2.65. The summed E-state index contributed by atoms with van der Waals surface area (Å²) in [7, 11) is 0. The monoisotopic (exact) mass is 218 g/mol. The van der Waals surface area contributed by atoms with Crippen LogP contribution in [0.2, 0.25) is 0 Å². The molecule has 0 aliphatic carbocycles. The summed E-state index contributed by atoms with van der Waals surface area (Å²) in [6, 6.07) is 7.07. The summed E-state index contributed by atoms with van der Waals surface area (Å²) in [6.45, 7) is 6.28. The van der Waals surface area contributed by atoms with E-state index >= 15 is 0 Å². The maximum Gasteiger partial charge on any atom is 0.145 e. The second-order valence-corrected chi connectivity index (χ2v) is 4.67. The summed E-state index contributed by atoms with van der Waals surface area (Å²) < 4.78 is 5.76. The molecule has 1 unspecified atom stereocenters. The molecule has 0 radical (unpaired) electrons. The number of nitrogens with zero attached hydrogens (tertiary/aromatic N) is 1. The van der Waals surface area contributed by atoms with Crippen LogP contribution in [0.1, 0.15) is 12.5 Å². The van der Waals surface area contributed by atoms with Crippen molar-refractivity contribution < 1.29 is 4.74 Å². The van der Waals surface area contributed by atoms with Crippen molar-refractivity contribution in [1.82, 2.24) is 5.32 Å². The van der Waals surface area contributed by atoms with E-state index in [0.717, 1.165) is 38.4 Å². The van der Waals surface area contributed by atoms with Crippen LogP contribution in [0.5, 0.6) is 5.75 Å². The average molecular weight is 218 g/mol. The number of benzene rings is 1. The fourth-order valence-electron chi connectivity index (χ4n) is 2.60. The van der Waals surface area contributed by atoms with Crippen molar-refractivity contribution in [2.75, 3.05) is 31.1 Å². The Bertz CT molecular complexity index is 392. The quantitative estimate of drug-likeness (QED) is 0.771. The second kappa shape index (κ2) is 3.98. The number of hydrogen-bond acceptors (Lipinski definition) is 3. The fraction of sp³-hybridized carbons (Fsp3) is 0.538. The minimum atomic E-state index is 0.561. The van der Waals surface area contributed by atoms with Gasteiger partial charge < -0.3 is 15.0 Å². The first-order chi connectivity index (χ1) is 7.84. The van der Waals surface area contributed by atoms with Crippen molar-refractivity contribution in [3.8, 4) is 5.75 Å². The molecule has 0 spiro atoms. The highest BCUT2D eigenvalue weighted by atomic mass is 16.5. The smallest absolute Gasteiger partial charge is 0.145 e. The molecule has 3 heteroatoms. The van der Waals surface area contributed by atoms with Crippen molar-refractivity contribution in [3.05, 3.63) is 23.8 Å². The highest BCUT2D eigenvalue weighted by Gasteiger charge is 2.22. The maximum absolute atomic E-state index is 5.76. The van der Waals surface area contributed by atoms with E-state index in [1.165, 1.54) is 11.3 Å². The van der Waals surface area contributed by atoms with Gasteiger partial charge in [-0.1, -0.05) is 12.1 Å². The number of fused-ring (bicyclic) bond motifs is 1. The van der Waals surface area contributed by atoms with Gasteiger partial charge in [0.1, 0.15) is 5.75 Å². The largest absolute Gasteiger partial charge is 0.491 e. The SMILES string of the molecule is CC1CN(c2cccc3c2OCC3)CCN1. The lowest BCUT2D eigenvalue weighted by Crippen LogP contribution is -2.49. The van der Waals surface area contributed by atoms with Crippen LogP contribution in [0.3, 0.4) is 0 Å². The van der Waals surface area contributed by atoms with E-state index in [1.807, 2.05) is 0 Å². The molecule has 0 aromatic heterocycles. The molecule has 0 amide bonds. The average Bonchev–Trinajstić information content (AvgIpc) is 2.76. The Hall–Kier alpha value is -1.22. The molecule has 3 rings (SSSR count). The van der Waals surface area contributed by atoms with Crippen molar-refractivity contribution in [2.45, 2.75) is 19.4 Å².